The molecule has 0 saturated heterocycles. The summed E-state index contributed by atoms with van der Waals surface area (Å²) in [6, 6.07) is 2.63. The molecule has 14 heavy (non-hydrogen) atoms. The number of nitrogens with two attached hydrogens (primary N) is 1. The van der Waals surface area contributed by atoms with Gasteiger partial charge < -0.3 is 10.7 Å². The predicted molar refractivity (Wildman–Crippen MR) is 51.0 cm³/mol. The predicted octanol–water partition coefficient (Wildman–Crippen LogP) is 1.95. The van der Waals surface area contributed by atoms with Gasteiger partial charge in [-0.25, -0.2) is 8.78 Å². The standard InChI is InChI=1S/C10H10F2N2/c11-7-1-2-8-9(10(7)12)6(3-4-13)5-14-8/h1-2,5,14H,3-4,13H2. The Morgan fingerprint density at radius 3 is 2.79 bits per heavy atom. The minimum atomic E-state index is -0.824. The first kappa shape index (κ1) is 9.15. The van der Waals surface area contributed by atoms with Crippen LogP contribution in [0.3, 0.4) is 0 Å². The highest BCUT2D eigenvalue weighted by molar-refractivity contribution is 5.83. The maximum Gasteiger partial charge on any atom is 0.168 e. The van der Waals surface area contributed by atoms with Crippen molar-refractivity contribution in [1.29, 1.82) is 0 Å². The molecule has 0 amide bonds. The first-order valence-corrected chi connectivity index (χ1v) is 4.38. The summed E-state index contributed by atoms with van der Waals surface area (Å²) in [4.78, 5) is 2.88. The zero-order valence-electron chi connectivity index (χ0n) is 7.48. The van der Waals surface area contributed by atoms with Gasteiger partial charge in [0.05, 0.1) is 0 Å². The Bertz CT molecular complexity index is 462. The van der Waals surface area contributed by atoms with Gasteiger partial charge in [0, 0.05) is 17.1 Å². The van der Waals surface area contributed by atoms with Crippen molar-refractivity contribution in [2.75, 3.05) is 6.54 Å². The lowest BCUT2D eigenvalue weighted by Crippen LogP contribution is -2.02. The van der Waals surface area contributed by atoms with E-state index in [1.165, 1.54) is 6.07 Å². The van der Waals surface area contributed by atoms with E-state index in [1.807, 2.05) is 0 Å². The molecule has 1 aromatic carbocycles. The molecule has 3 N–H and O–H groups in total. The van der Waals surface area contributed by atoms with E-state index in [0.29, 0.717) is 23.9 Å². The molecule has 2 rings (SSSR count). The second kappa shape index (κ2) is 3.38. The number of nitrogens with one attached hydrogen (secondary N) is 1. The minimum Gasteiger partial charge on any atom is -0.361 e. The summed E-state index contributed by atoms with van der Waals surface area (Å²) in [7, 11) is 0. The molecule has 0 radical (unpaired) electrons. The molecule has 0 aliphatic carbocycles. The van der Waals surface area contributed by atoms with Crippen LogP contribution < -0.4 is 5.73 Å². The number of rotatable bonds is 2. The fourth-order valence-electron chi connectivity index (χ4n) is 1.57. The summed E-state index contributed by atoms with van der Waals surface area (Å²) in [5.74, 6) is -1.62. The van der Waals surface area contributed by atoms with Gasteiger partial charge in [0.15, 0.2) is 11.6 Å². The van der Waals surface area contributed by atoms with Crippen molar-refractivity contribution in [3.63, 3.8) is 0 Å². The third-order valence-electron chi connectivity index (χ3n) is 2.23. The Labute approximate surface area is 79.7 Å². The van der Waals surface area contributed by atoms with Crippen LogP contribution in [0.2, 0.25) is 0 Å². The van der Waals surface area contributed by atoms with Crippen LogP contribution in [-0.2, 0) is 6.42 Å². The fourth-order valence-corrected chi connectivity index (χ4v) is 1.57. The second-order valence-corrected chi connectivity index (χ2v) is 3.14. The maximum atomic E-state index is 13.4. The number of aromatic amines is 1. The lowest BCUT2D eigenvalue weighted by Gasteiger charge is -1.98. The molecule has 0 fully saturated rings. The highest BCUT2D eigenvalue weighted by atomic mass is 19.2. The fraction of sp³-hybridized carbons (Fsp3) is 0.200. The number of benzene rings is 1. The van der Waals surface area contributed by atoms with Crippen LogP contribution in [0.5, 0.6) is 0 Å². The summed E-state index contributed by atoms with van der Waals surface area (Å²) in [6.45, 7) is 0.420. The van der Waals surface area contributed by atoms with Crippen LogP contribution in [0.15, 0.2) is 18.3 Å². The van der Waals surface area contributed by atoms with Crippen molar-refractivity contribution in [2.45, 2.75) is 6.42 Å². The molecule has 0 aliphatic heterocycles. The van der Waals surface area contributed by atoms with E-state index >= 15 is 0 Å². The van der Waals surface area contributed by atoms with Gasteiger partial charge in [0.2, 0.25) is 0 Å². The molecule has 0 bridgehead atoms. The van der Waals surface area contributed by atoms with Gasteiger partial charge >= 0.3 is 0 Å². The molecule has 2 nitrogen and oxygen atoms in total. The molecule has 4 heteroatoms. The summed E-state index contributed by atoms with van der Waals surface area (Å²) >= 11 is 0. The molecule has 74 valence electrons. The quantitative estimate of drug-likeness (QED) is 0.757. The number of H-pyrrole nitrogens is 1. The second-order valence-electron chi connectivity index (χ2n) is 3.14. The van der Waals surface area contributed by atoms with E-state index in [2.05, 4.69) is 4.98 Å². The summed E-state index contributed by atoms with van der Waals surface area (Å²) in [5, 5.41) is 0.315. The molecular weight excluding hydrogens is 186 g/mol. The SMILES string of the molecule is NCCc1c[nH]c2ccc(F)c(F)c12. The molecule has 0 unspecified atom stereocenters. The van der Waals surface area contributed by atoms with Gasteiger partial charge in [0.25, 0.3) is 0 Å². The summed E-state index contributed by atoms with van der Waals surface area (Å²) in [5.41, 5.74) is 6.69. The summed E-state index contributed by atoms with van der Waals surface area (Å²) in [6.07, 6.45) is 2.21. The van der Waals surface area contributed by atoms with Gasteiger partial charge in [-0.3, -0.25) is 0 Å². The van der Waals surface area contributed by atoms with E-state index in [9.17, 15) is 8.78 Å². The monoisotopic (exact) mass is 196 g/mol. The smallest absolute Gasteiger partial charge is 0.168 e. The van der Waals surface area contributed by atoms with Crippen LogP contribution >= 0.6 is 0 Å². The van der Waals surface area contributed by atoms with Crippen molar-refractivity contribution >= 4 is 10.9 Å². The minimum absolute atomic E-state index is 0.315. The number of hydrogen-bond acceptors (Lipinski definition) is 1. The van der Waals surface area contributed by atoms with Crippen molar-refractivity contribution in [1.82, 2.24) is 4.98 Å². The van der Waals surface area contributed by atoms with E-state index in [1.54, 1.807) is 6.20 Å². The Morgan fingerprint density at radius 1 is 1.29 bits per heavy atom. The van der Waals surface area contributed by atoms with Gasteiger partial charge in [-0.15, -0.1) is 0 Å². The van der Waals surface area contributed by atoms with Gasteiger partial charge in [0.1, 0.15) is 0 Å². The zero-order chi connectivity index (χ0) is 10.1. The molecule has 0 saturated carbocycles. The van der Waals surface area contributed by atoms with Crippen molar-refractivity contribution in [3.8, 4) is 0 Å². The molecule has 0 atom stereocenters. The lowest BCUT2D eigenvalue weighted by molar-refractivity contribution is 0.516. The summed E-state index contributed by atoms with van der Waals surface area (Å²) < 4.78 is 26.3. The highest BCUT2D eigenvalue weighted by Crippen LogP contribution is 2.23. The van der Waals surface area contributed by atoms with E-state index in [4.69, 9.17) is 5.73 Å². The van der Waals surface area contributed by atoms with Crippen LogP contribution in [-0.4, -0.2) is 11.5 Å². The van der Waals surface area contributed by atoms with E-state index in [-0.39, 0.29) is 0 Å². The van der Waals surface area contributed by atoms with Crippen LogP contribution in [0.1, 0.15) is 5.56 Å². The maximum absolute atomic E-state index is 13.4. The molecule has 0 aliphatic rings. The number of fused-ring (bicyclic) bond motifs is 1. The number of hydrogen-bond donors (Lipinski definition) is 2. The average Bonchev–Trinajstić information content (AvgIpc) is 2.57. The first-order valence-electron chi connectivity index (χ1n) is 4.38. The molecule has 0 spiro atoms. The van der Waals surface area contributed by atoms with Crippen LogP contribution in [0.4, 0.5) is 8.78 Å². The van der Waals surface area contributed by atoms with E-state index in [0.717, 1.165) is 11.6 Å². The number of halogens is 2. The average molecular weight is 196 g/mol. The van der Waals surface area contributed by atoms with Crippen LogP contribution in [0.25, 0.3) is 10.9 Å². The van der Waals surface area contributed by atoms with Crippen molar-refractivity contribution in [3.05, 3.63) is 35.5 Å². The van der Waals surface area contributed by atoms with Gasteiger partial charge in [-0.05, 0) is 30.7 Å². The third kappa shape index (κ3) is 1.28. The number of aromatic nitrogens is 1. The Kier molecular flexibility index (Phi) is 2.21. The van der Waals surface area contributed by atoms with Crippen molar-refractivity contribution < 1.29 is 8.78 Å². The topological polar surface area (TPSA) is 41.8 Å². The molecular formula is C10H10F2N2. The lowest BCUT2D eigenvalue weighted by atomic mass is 10.1. The Hall–Kier alpha value is -1.42. The highest BCUT2D eigenvalue weighted by Gasteiger charge is 2.11. The Balaban J connectivity index is 2.69. The molecule has 1 heterocycles. The van der Waals surface area contributed by atoms with Gasteiger partial charge in [-0.1, -0.05) is 0 Å². The first-order chi connectivity index (χ1) is 6.74. The molecule has 2 aromatic rings. The normalized spacial score (nSPS) is 11.1. The largest absolute Gasteiger partial charge is 0.361 e. The Morgan fingerprint density at radius 2 is 2.07 bits per heavy atom. The third-order valence-corrected chi connectivity index (χ3v) is 2.23. The van der Waals surface area contributed by atoms with E-state index < -0.39 is 11.6 Å². The molecule has 1 aromatic heterocycles. The van der Waals surface area contributed by atoms with Gasteiger partial charge in [-0.2, -0.15) is 0 Å². The zero-order valence-corrected chi connectivity index (χ0v) is 7.48. The van der Waals surface area contributed by atoms with Crippen LogP contribution in [0, 0.1) is 11.6 Å². The van der Waals surface area contributed by atoms with Crippen molar-refractivity contribution in [2.24, 2.45) is 5.73 Å².